The number of aromatic nitrogens is 3. The second-order valence-corrected chi connectivity index (χ2v) is 7.62. The van der Waals surface area contributed by atoms with E-state index in [1.807, 2.05) is 22.1 Å². The van der Waals surface area contributed by atoms with E-state index in [0.717, 1.165) is 16.5 Å². The minimum atomic E-state index is 0.0231. The van der Waals surface area contributed by atoms with E-state index in [4.69, 9.17) is 28.6 Å². The average molecular weight is 423 g/mol. The van der Waals surface area contributed by atoms with Gasteiger partial charge in [-0.15, -0.1) is 11.3 Å². The minimum absolute atomic E-state index is 0.0231. The Bertz CT molecular complexity index is 935. The van der Waals surface area contributed by atoms with Crippen LogP contribution in [-0.2, 0) is 11.3 Å². The van der Waals surface area contributed by atoms with Gasteiger partial charge < -0.3 is 9.64 Å². The van der Waals surface area contributed by atoms with Crippen molar-refractivity contribution in [2.45, 2.75) is 13.0 Å². The molecule has 1 amide bonds. The molecule has 0 atom stereocenters. The Hall–Kier alpha value is -2.16. The fourth-order valence-electron chi connectivity index (χ4n) is 2.47. The molecular weight excluding hydrogens is 404 g/mol. The van der Waals surface area contributed by atoms with Crippen LogP contribution in [0.4, 0.5) is 0 Å². The van der Waals surface area contributed by atoms with Crippen LogP contribution >= 0.6 is 35.2 Å². The zero-order chi connectivity index (χ0) is 19.2. The quantitative estimate of drug-likeness (QED) is 0.551. The lowest BCUT2D eigenvalue weighted by Gasteiger charge is -2.18. The van der Waals surface area contributed by atoms with Crippen LogP contribution in [0.1, 0.15) is 6.42 Å². The van der Waals surface area contributed by atoms with E-state index in [9.17, 15) is 4.79 Å². The summed E-state index contributed by atoms with van der Waals surface area (Å²) in [7, 11) is 1.77. The molecule has 0 fully saturated rings. The predicted octanol–water partition coefficient (Wildman–Crippen LogP) is 4.25. The first-order valence-electron chi connectivity index (χ1n) is 8.36. The number of nitrogens with one attached hydrogen (secondary N) is 1. The van der Waals surface area contributed by atoms with Crippen molar-refractivity contribution in [1.29, 1.82) is 0 Å². The van der Waals surface area contributed by atoms with Crippen LogP contribution in [0.25, 0.3) is 10.7 Å². The summed E-state index contributed by atoms with van der Waals surface area (Å²) < 4.78 is 8.00. The second kappa shape index (κ2) is 9.16. The number of rotatable bonds is 8. The van der Waals surface area contributed by atoms with Gasteiger partial charge in [-0.05, 0) is 47.9 Å². The first-order chi connectivity index (χ1) is 13.0. The fourth-order valence-corrected chi connectivity index (χ4v) is 3.54. The van der Waals surface area contributed by atoms with Gasteiger partial charge in [0.05, 0.1) is 11.4 Å². The maximum Gasteiger partial charge on any atom is 0.224 e. The van der Waals surface area contributed by atoms with E-state index in [-0.39, 0.29) is 5.91 Å². The zero-order valence-corrected chi connectivity index (χ0v) is 17.1. The molecule has 0 saturated heterocycles. The Kier molecular flexibility index (Phi) is 6.65. The number of hydrogen-bond acceptors (Lipinski definition) is 5. The van der Waals surface area contributed by atoms with Crippen molar-refractivity contribution in [3.8, 4) is 16.5 Å². The van der Waals surface area contributed by atoms with Crippen molar-refractivity contribution in [3.63, 3.8) is 0 Å². The molecule has 1 N–H and O–H groups in total. The van der Waals surface area contributed by atoms with Gasteiger partial charge in [-0.25, -0.2) is 0 Å². The maximum atomic E-state index is 12.4. The number of nitrogens with zero attached hydrogens (tertiary/aromatic N) is 3. The van der Waals surface area contributed by atoms with Crippen LogP contribution < -0.4 is 4.74 Å². The van der Waals surface area contributed by atoms with Gasteiger partial charge in [0, 0.05) is 25.0 Å². The van der Waals surface area contributed by atoms with Gasteiger partial charge in [0.15, 0.2) is 10.6 Å². The van der Waals surface area contributed by atoms with Crippen molar-refractivity contribution in [1.82, 2.24) is 19.7 Å². The zero-order valence-electron chi connectivity index (χ0n) is 14.7. The number of likely N-dealkylation sites (N-methyl/N-ethyl adjacent to an activating group) is 1. The highest BCUT2D eigenvalue weighted by Crippen LogP contribution is 2.23. The molecule has 0 unspecified atom stereocenters. The molecule has 1 aromatic carbocycles. The number of halogens is 1. The van der Waals surface area contributed by atoms with Crippen LogP contribution in [-0.4, -0.2) is 45.8 Å². The average Bonchev–Trinajstić information content (AvgIpc) is 3.31. The van der Waals surface area contributed by atoms with Gasteiger partial charge >= 0.3 is 0 Å². The summed E-state index contributed by atoms with van der Waals surface area (Å²) in [5, 5.41) is 9.72. The smallest absolute Gasteiger partial charge is 0.224 e. The van der Waals surface area contributed by atoms with E-state index in [2.05, 4.69) is 10.2 Å². The van der Waals surface area contributed by atoms with Gasteiger partial charge in [0.25, 0.3) is 0 Å². The molecule has 3 aromatic rings. The van der Waals surface area contributed by atoms with E-state index in [1.165, 1.54) is 0 Å². The normalized spacial score (nSPS) is 10.7. The van der Waals surface area contributed by atoms with Crippen LogP contribution in [0.3, 0.4) is 0 Å². The number of thiophene rings is 1. The lowest BCUT2D eigenvalue weighted by atomic mass is 10.3. The fraction of sp³-hybridized carbons (Fsp3) is 0.278. The Balaban J connectivity index is 1.50. The van der Waals surface area contributed by atoms with E-state index in [0.29, 0.717) is 35.9 Å². The topological polar surface area (TPSA) is 63.1 Å². The third kappa shape index (κ3) is 5.18. The van der Waals surface area contributed by atoms with Crippen molar-refractivity contribution in [3.05, 3.63) is 51.6 Å². The van der Waals surface area contributed by atoms with Crippen molar-refractivity contribution < 1.29 is 9.53 Å². The van der Waals surface area contributed by atoms with Crippen LogP contribution in [0, 0.1) is 4.77 Å². The number of H-pyrrole nitrogens is 1. The molecule has 6 nitrogen and oxygen atoms in total. The minimum Gasteiger partial charge on any atom is -0.492 e. The van der Waals surface area contributed by atoms with Gasteiger partial charge in [0.2, 0.25) is 5.91 Å². The highest BCUT2D eigenvalue weighted by atomic mass is 35.5. The molecule has 9 heteroatoms. The summed E-state index contributed by atoms with van der Waals surface area (Å²) in [6, 6.07) is 11.1. The molecule has 142 valence electrons. The van der Waals surface area contributed by atoms with Gasteiger partial charge in [-0.1, -0.05) is 17.7 Å². The van der Waals surface area contributed by atoms with Crippen LogP contribution in [0.5, 0.6) is 5.75 Å². The number of amides is 1. The molecule has 0 spiro atoms. The lowest BCUT2D eigenvalue weighted by molar-refractivity contribution is -0.130. The molecule has 2 heterocycles. The van der Waals surface area contributed by atoms with Crippen LogP contribution in [0.2, 0.25) is 5.02 Å². The number of carbonyl (C=O) groups excluding carboxylic acids is 1. The summed E-state index contributed by atoms with van der Waals surface area (Å²) in [5.74, 6) is 1.51. The number of ether oxygens (including phenoxy) is 1. The molecule has 0 radical (unpaired) electrons. The van der Waals surface area contributed by atoms with Crippen molar-refractivity contribution in [2.75, 3.05) is 20.2 Å². The predicted molar refractivity (Wildman–Crippen MR) is 110 cm³/mol. The second-order valence-electron chi connectivity index (χ2n) is 5.85. The third-order valence-electron chi connectivity index (χ3n) is 3.98. The monoisotopic (exact) mass is 422 g/mol. The number of hydrogen-bond donors (Lipinski definition) is 1. The van der Waals surface area contributed by atoms with Gasteiger partial charge in [-0.2, -0.15) is 5.10 Å². The molecule has 0 aliphatic rings. The summed E-state index contributed by atoms with van der Waals surface area (Å²) in [4.78, 5) is 15.1. The Morgan fingerprint density at radius 1 is 1.37 bits per heavy atom. The Morgan fingerprint density at radius 2 is 2.15 bits per heavy atom. The summed E-state index contributed by atoms with van der Waals surface area (Å²) in [5.41, 5.74) is 0. The number of benzene rings is 1. The highest BCUT2D eigenvalue weighted by molar-refractivity contribution is 7.71. The summed E-state index contributed by atoms with van der Waals surface area (Å²) in [6.45, 7) is 1.38. The molecule has 0 saturated carbocycles. The molecular formula is C18H19ClN4O2S2. The first-order valence-corrected chi connectivity index (χ1v) is 10.0. The summed E-state index contributed by atoms with van der Waals surface area (Å²) >= 11 is 12.7. The van der Waals surface area contributed by atoms with Gasteiger partial charge in [-0.3, -0.25) is 14.5 Å². The standard InChI is InChI=1S/C18H19ClN4O2S2/c1-22(10-11-25-14-6-4-13(19)5-7-14)16(24)8-9-23-17(20-21-18(23)26)15-3-2-12-27-15/h2-7,12H,8-11H2,1H3,(H,21,26). The van der Waals surface area contributed by atoms with E-state index >= 15 is 0 Å². The van der Waals surface area contributed by atoms with Gasteiger partial charge in [0.1, 0.15) is 12.4 Å². The molecule has 27 heavy (non-hydrogen) atoms. The number of aromatic amines is 1. The van der Waals surface area contributed by atoms with Crippen molar-refractivity contribution in [2.24, 2.45) is 0 Å². The van der Waals surface area contributed by atoms with Crippen LogP contribution in [0.15, 0.2) is 41.8 Å². The van der Waals surface area contributed by atoms with E-state index in [1.54, 1.807) is 47.5 Å². The Labute approximate surface area is 171 Å². The van der Waals surface area contributed by atoms with Crippen molar-refractivity contribution >= 4 is 41.1 Å². The number of carbonyl (C=O) groups is 1. The summed E-state index contributed by atoms with van der Waals surface area (Å²) in [6.07, 6.45) is 0.337. The SMILES string of the molecule is CN(CCOc1ccc(Cl)cc1)C(=O)CCn1c(-c2cccs2)n[nH]c1=S. The molecule has 3 rings (SSSR count). The molecule has 0 aliphatic carbocycles. The highest BCUT2D eigenvalue weighted by Gasteiger charge is 2.13. The molecule has 0 aliphatic heterocycles. The molecule has 0 bridgehead atoms. The first kappa shape index (κ1) is 19.6. The molecule has 2 aromatic heterocycles. The lowest BCUT2D eigenvalue weighted by Crippen LogP contribution is -2.31. The van der Waals surface area contributed by atoms with E-state index < -0.39 is 0 Å². The Morgan fingerprint density at radius 3 is 2.85 bits per heavy atom. The maximum absolute atomic E-state index is 12.4. The largest absolute Gasteiger partial charge is 0.492 e. The third-order valence-corrected chi connectivity index (χ3v) is 5.41.